The number of nitrogen functional groups attached to an aromatic ring is 1. The molecule has 11 nitrogen and oxygen atoms in total. The second-order valence-electron chi connectivity index (χ2n) is 7.06. The molecule has 13 heteroatoms. The molecule has 0 radical (unpaired) electrons. The van der Waals surface area contributed by atoms with Gasteiger partial charge in [0.05, 0.1) is 27.5 Å². The lowest BCUT2D eigenvalue weighted by atomic mass is 10.0. The van der Waals surface area contributed by atoms with Gasteiger partial charge in [0.2, 0.25) is 11.8 Å². The van der Waals surface area contributed by atoms with Crippen molar-refractivity contribution < 1.29 is 22.4 Å². The highest BCUT2D eigenvalue weighted by Gasteiger charge is 2.25. The van der Waals surface area contributed by atoms with E-state index >= 15 is 0 Å². The van der Waals surface area contributed by atoms with Gasteiger partial charge in [-0.25, -0.2) is 18.1 Å². The molecule has 2 heterocycles. The van der Waals surface area contributed by atoms with Crippen LogP contribution in [-0.2, 0) is 19.6 Å². The zero-order chi connectivity index (χ0) is 25.8. The van der Waals surface area contributed by atoms with Crippen LogP contribution in [0.2, 0.25) is 0 Å². The molecule has 0 aliphatic carbocycles. The second kappa shape index (κ2) is 10.3. The summed E-state index contributed by atoms with van der Waals surface area (Å²) in [4.78, 5) is 27.8. The molecule has 0 saturated carbocycles. The number of hydrogen-bond acceptors (Lipinski definition) is 10. The number of anilines is 2. The van der Waals surface area contributed by atoms with Crippen molar-refractivity contribution in [2.24, 2.45) is 0 Å². The van der Waals surface area contributed by atoms with E-state index in [2.05, 4.69) is 10.3 Å². The molecule has 1 atom stereocenters. The highest BCUT2D eigenvalue weighted by Crippen LogP contribution is 2.37. The molecule has 0 fully saturated rings. The molecule has 2 amide bonds. The molecule has 0 bridgehead atoms. The first-order chi connectivity index (χ1) is 16.6. The van der Waals surface area contributed by atoms with Gasteiger partial charge in [-0.3, -0.25) is 9.59 Å². The first-order valence-corrected chi connectivity index (χ1v) is 12.2. The fourth-order valence-electron chi connectivity index (χ4n) is 2.98. The number of nitrogens with two attached hydrogens (primary N) is 1. The lowest BCUT2D eigenvalue weighted by Gasteiger charge is -2.15. The number of amides is 2. The summed E-state index contributed by atoms with van der Waals surface area (Å²) in [5.74, 6) is -1.03. The quantitative estimate of drug-likeness (QED) is 0.398. The molecular formula is C22H18N6O5S2. The van der Waals surface area contributed by atoms with Gasteiger partial charge in [-0.15, -0.1) is 0 Å². The first kappa shape index (κ1) is 25.3. The van der Waals surface area contributed by atoms with Crippen molar-refractivity contribution in [3.63, 3.8) is 0 Å². The minimum absolute atomic E-state index is 0.00717. The molecule has 3 rings (SSSR count). The summed E-state index contributed by atoms with van der Waals surface area (Å²) in [6, 6.07) is 12.4. The summed E-state index contributed by atoms with van der Waals surface area (Å²) in [6.07, 6.45) is 1.39. The largest absolute Gasteiger partial charge is 0.464 e. The standard InChI is InChI=1S/C22H18N6O5S2/c1-12(21(30)26-14-5-7-15(8-6-14)35(31,32)28-13(2)29)34-22-17(11-24)19(18-4-3-9-33-18)16(10-23)20(25)27-22/h3-9,12H,1-2H3,(H2,25,27)(H,26,30)(H,28,29). The van der Waals surface area contributed by atoms with Gasteiger partial charge in [-0.1, -0.05) is 11.8 Å². The number of sulfonamides is 1. The Morgan fingerprint density at radius 3 is 2.34 bits per heavy atom. The van der Waals surface area contributed by atoms with Crippen molar-refractivity contribution in [2.45, 2.75) is 29.0 Å². The number of pyridine rings is 1. The number of thioether (sulfide) groups is 1. The van der Waals surface area contributed by atoms with E-state index in [0.717, 1.165) is 18.7 Å². The number of nitrogens with one attached hydrogen (secondary N) is 2. The summed E-state index contributed by atoms with van der Waals surface area (Å²) >= 11 is 0.961. The van der Waals surface area contributed by atoms with Crippen LogP contribution in [0.3, 0.4) is 0 Å². The number of carbonyl (C=O) groups is 2. The Morgan fingerprint density at radius 2 is 1.80 bits per heavy atom. The maximum atomic E-state index is 12.7. The average molecular weight is 511 g/mol. The van der Waals surface area contributed by atoms with Gasteiger partial charge in [0.25, 0.3) is 10.0 Å². The minimum Gasteiger partial charge on any atom is -0.464 e. The van der Waals surface area contributed by atoms with Crippen molar-refractivity contribution in [1.82, 2.24) is 9.71 Å². The van der Waals surface area contributed by atoms with E-state index < -0.39 is 27.1 Å². The summed E-state index contributed by atoms with van der Waals surface area (Å²) < 4.78 is 31.3. The lowest BCUT2D eigenvalue weighted by Crippen LogP contribution is -2.28. The van der Waals surface area contributed by atoms with Gasteiger partial charge < -0.3 is 15.5 Å². The van der Waals surface area contributed by atoms with E-state index in [1.165, 1.54) is 30.5 Å². The third-order valence-corrected chi connectivity index (χ3v) is 7.09. The molecule has 178 valence electrons. The van der Waals surface area contributed by atoms with Crippen LogP contribution in [-0.4, -0.2) is 30.5 Å². The van der Waals surface area contributed by atoms with Crippen molar-refractivity contribution in [3.05, 3.63) is 53.8 Å². The van der Waals surface area contributed by atoms with Gasteiger partial charge in [0.15, 0.2) is 0 Å². The highest BCUT2D eigenvalue weighted by molar-refractivity contribution is 8.00. The van der Waals surface area contributed by atoms with Crippen molar-refractivity contribution >= 4 is 45.1 Å². The van der Waals surface area contributed by atoms with Crippen LogP contribution < -0.4 is 15.8 Å². The van der Waals surface area contributed by atoms with Crippen LogP contribution in [0.4, 0.5) is 11.5 Å². The molecule has 0 aliphatic heterocycles. The summed E-state index contributed by atoms with van der Waals surface area (Å²) in [5.41, 5.74) is 6.49. The number of hydrogen-bond donors (Lipinski definition) is 3. The molecule has 1 unspecified atom stereocenters. The molecular weight excluding hydrogens is 492 g/mol. The topological polar surface area (TPSA) is 192 Å². The molecule has 0 saturated heterocycles. The summed E-state index contributed by atoms with van der Waals surface area (Å²) in [7, 11) is -4.00. The Labute approximate surface area is 205 Å². The number of carbonyl (C=O) groups excluding carboxylic acids is 2. The Bertz CT molecular complexity index is 1470. The Hall–Kier alpha value is -4.33. The van der Waals surface area contributed by atoms with Gasteiger partial charge in [0, 0.05) is 12.6 Å². The number of nitriles is 2. The average Bonchev–Trinajstić information content (AvgIpc) is 3.32. The number of furan rings is 1. The molecule has 35 heavy (non-hydrogen) atoms. The van der Waals surface area contributed by atoms with E-state index in [1.54, 1.807) is 19.1 Å². The van der Waals surface area contributed by atoms with Crippen molar-refractivity contribution in [2.75, 3.05) is 11.1 Å². The number of benzene rings is 1. The van der Waals surface area contributed by atoms with Crippen LogP contribution in [0, 0.1) is 22.7 Å². The molecule has 1 aromatic carbocycles. The van der Waals surface area contributed by atoms with E-state index in [9.17, 15) is 28.5 Å². The van der Waals surface area contributed by atoms with Crippen molar-refractivity contribution in [1.29, 1.82) is 10.5 Å². The van der Waals surface area contributed by atoms with Crippen LogP contribution in [0.5, 0.6) is 0 Å². The normalized spacial score (nSPS) is 11.7. The SMILES string of the molecule is CC(=O)NS(=O)(=O)c1ccc(NC(=O)C(C)Sc2nc(N)c(C#N)c(-c3ccco3)c2C#N)cc1. The first-order valence-electron chi connectivity index (χ1n) is 9.86. The predicted octanol–water partition coefficient (Wildman–Crippen LogP) is 2.61. The number of aromatic nitrogens is 1. The molecule has 4 N–H and O–H groups in total. The lowest BCUT2D eigenvalue weighted by molar-refractivity contribution is -0.117. The zero-order valence-corrected chi connectivity index (χ0v) is 20.0. The van der Waals surface area contributed by atoms with Crippen molar-refractivity contribution in [3.8, 4) is 23.5 Å². The van der Waals surface area contributed by atoms with Crippen LogP contribution in [0.15, 0.2) is 57.0 Å². The zero-order valence-electron chi connectivity index (χ0n) is 18.4. The van der Waals surface area contributed by atoms with Crippen LogP contribution >= 0.6 is 11.8 Å². The Kier molecular flexibility index (Phi) is 7.44. The fraction of sp³-hybridized carbons (Fsp3) is 0.136. The van der Waals surface area contributed by atoms with Gasteiger partial charge in [0.1, 0.15) is 34.3 Å². The fourth-order valence-corrected chi connectivity index (χ4v) is 4.89. The third-order valence-electron chi connectivity index (χ3n) is 4.55. The highest BCUT2D eigenvalue weighted by atomic mass is 32.2. The monoisotopic (exact) mass is 510 g/mol. The second-order valence-corrected chi connectivity index (χ2v) is 10.1. The summed E-state index contributed by atoms with van der Waals surface area (Å²) in [5, 5.41) is 21.3. The summed E-state index contributed by atoms with van der Waals surface area (Å²) in [6.45, 7) is 2.66. The predicted molar refractivity (Wildman–Crippen MR) is 127 cm³/mol. The number of nitrogens with zero attached hydrogens (tertiary/aromatic N) is 3. The van der Waals surface area contributed by atoms with E-state index in [1.807, 2.05) is 16.9 Å². The van der Waals surface area contributed by atoms with Gasteiger partial charge in [-0.2, -0.15) is 10.5 Å². The smallest absolute Gasteiger partial charge is 0.264 e. The maximum Gasteiger partial charge on any atom is 0.264 e. The molecule has 3 aromatic rings. The van der Waals surface area contributed by atoms with E-state index in [0.29, 0.717) is 5.69 Å². The van der Waals surface area contributed by atoms with Gasteiger partial charge >= 0.3 is 0 Å². The van der Waals surface area contributed by atoms with Crippen LogP contribution in [0.1, 0.15) is 25.0 Å². The Balaban J connectivity index is 1.82. The third kappa shape index (κ3) is 5.60. The minimum atomic E-state index is -4.00. The van der Waals surface area contributed by atoms with Gasteiger partial charge in [-0.05, 0) is 43.3 Å². The number of rotatable bonds is 7. The Morgan fingerprint density at radius 1 is 1.14 bits per heavy atom. The van der Waals surface area contributed by atoms with E-state index in [-0.39, 0.29) is 38.2 Å². The van der Waals surface area contributed by atoms with E-state index in [4.69, 9.17) is 10.2 Å². The molecule has 2 aromatic heterocycles. The van der Waals surface area contributed by atoms with Crippen LogP contribution in [0.25, 0.3) is 11.3 Å². The maximum absolute atomic E-state index is 12.7. The molecule has 0 aliphatic rings. The molecule has 0 spiro atoms.